The molecule has 1 fully saturated rings. The van der Waals surface area contributed by atoms with Crippen LogP contribution in [-0.2, 0) is 16.0 Å². The van der Waals surface area contributed by atoms with E-state index in [1.165, 1.54) is 12.4 Å². The third-order valence-electron chi connectivity index (χ3n) is 3.65. The maximum Gasteiger partial charge on any atom is 0.406 e. The summed E-state index contributed by atoms with van der Waals surface area (Å²) < 4.78 is 39.0. The van der Waals surface area contributed by atoms with E-state index in [1.54, 1.807) is 12.1 Å². The van der Waals surface area contributed by atoms with E-state index in [4.69, 9.17) is 5.11 Å². The van der Waals surface area contributed by atoms with Gasteiger partial charge >= 0.3 is 12.1 Å². The summed E-state index contributed by atoms with van der Waals surface area (Å²) in [5.74, 6) is -2.47. The van der Waals surface area contributed by atoms with Crippen LogP contribution in [0.25, 0.3) is 0 Å². The SMILES string of the molecule is O=C(Cc1cccnc1)N1CCC(C(=O)O)(C(F)(F)F)C1. The normalized spacial score (nSPS) is 22.3. The molecule has 2 heterocycles. The van der Waals surface area contributed by atoms with Gasteiger partial charge < -0.3 is 10.0 Å². The van der Waals surface area contributed by atoms with Crippen molar-refractivity contribution in [3.63, 3.8) is 0 Å². The van der Waals surface area contributed by atoms with Crippen LogP contribution in [0.2, 0.25) is 0 Å². The molecule has 5 nitrogen and oxygen atoms in total. The first-order chi connectivity index (χ1) is 9.76. The second-order valence-corrected chi connectivity index (χ2v) is 4.99. The fourth-order valence-corrected chi connectivity index (χ4v) is 2.34. The summed E-state index contributed by atoms with van der Waals surface area (Å²) in [5.41, 5.74) is -2.29. The Morgan fingerprint density at radius 3 is 2.62 bits per heavy atom. The van der Waals surface area contributed by atoms with Crippen LogP contribution in [0.1, 0.15) is 12.0 Å². The molecule has 0 radical (unpaired) electrons. The lowest BCUT2D eigenvalue weighted by Crippen LogP contribution is -2.47. The first-order valence-electron chi connectivity index (χ1n) is 6.23. The second kappa shape index (κ2) is 5.34. The molecule has 2 rings (SSSR count). The molecule has 1 amide bonds. The van der Waals surface area contributed by atoms with Crippen LogP contribution >= 0.6 is 0 Å². The molecule has 1 N–H and O–H groups in total. The van der Waals surface area contributed by atoms with Crippen molar-refractivity contribution < 1.29 is 27.9 Å². The van der Waals surface area contributed by atoms with E-state index in [9.17, 15) is 22.8 Å². The molecule has 1 aromatic heterocycles. The lowest BCUT2D eigenvalue weighted by Gasteiger charge is -2.27. The van der Waals surface area contributed by atoms with E-state index >= 15 is 0 Å². The predicted molar refractivity (Wildman–Crippen MR) is 65.3 cm³/mol. The topological polar surface area (TPSA) is 70.5 Å². The molecular weight excluding hydrogens is 289 g/mol. The number of halogens is 3. The molecular formula is C13H13F3N2O3. The van der Waals surface area contributed by atoms with Crippen LogP contribution in [-0.4, -0.2) is 46.1 Å². The van der Waals surface area contributed by atoms with Crippen molar-refractivity contribution in [2.75, 3.05) is 13.1 Å². The van der Waals surface area contributed by atoms with Gasteiger partial charge in [-0.1, -0.05) is 6.07 Å². The molecule has 1 aliphatic rings. The van der Waals surface area contributed by atoms with E-state index < -0.39 is 36.4 Å². The Balaban J connectivity index is 2.11. The van der Waals surface area contributed by atoms with Gasteiger partial charge in [0.1, 0.15) is 0 Å². The van der Waals surface area contributed by atoms with E-state index in [2.05, 4.69) is 4.98 Å². The summed E-state index contributed by atoms with van der Waals surface area (Å²) in [4.78, 5) is 27.8. The molecule has 0 spiro atoms. The zero-order valence-electron chi connectivity index (χ0n) is 10.9. The molecule has 1 unspecified atom stereocenters. The largest absolute Gasteiger partial charge is 0.481 e. The molecule has 0 aliphatic carbocycles. The van der Waals surface area contributed by atoms with E-state index in [1.807, 2.05) is 0 Å². The number of hydrogen-bond acceptors (Lipinski definition) is 3. The molecule has 8 heteroatoms. The highest BCUT2D eigenvalue weighted by Gasteiger charge is 2.64. The van der Waals surface area contributed by atoms with Crippen LogP contribution in [0.4, 0.5) is 13.2 Å². The summed E-state index contributed by atoms with van der Waals surface area (Å²) in [6.45, 7) is -1.06. The van der Waals surface area contributed by atoms with Gasteiger partial charge in [-0.2, -0.15) is 13.2 Å². The minimum absolute atomic E-state index is 0.0958. The third-order valence-corrected chi connectivity index (χ3v) is 3.65. The average Bonchev–Trinajstić information content (AvgIpc) is 2.86. The Kier molecular flexibility index (Phi) is 3.89. The van der Waals surface area contributed by atoms with Crippen LogP contribution < -0.4 is 0 Å². The minimum Gasteiger partial charge on any atom is -0.481 e. The van der Waals surface area contributed by atoms with Crippen molar-refractivity contribution >= 4 is 11.9 Å². The monoisotopic (exact) mass is 302 g/mol. The lowest BCUT2D eigenvalue weighted by atomic mass is 9.86. The number of hydrogen-bond donors (Lipinski definition) is 1. The van der Waals surface area contributed by atoms with Gasteiger partial charge in [0.15, 0.2) is 5.41 Å². The second-order valence-electron chi connectivity index (χ2n) is 4.99. The van der Waals surface area contributed by atoms with Crippen LogP contribution in [0, 0.1) is 5.41 Å². The molecule has 1 aliphatic heterocycles. The summed E-state index contributed by atoms with van der Waals surface area (Å²) in [6, 6.07) is 3.25. The molecule has 0 bridgehead atoms. The number of likely N-dealkylation sites (tertiary alicyclic amines) is 1. The van der Waals surface area contributed by atoms with Gasteiger partial charge in [-0.25, -0.2) is 0 Å². The molecule has 1 aromatic rings. The summed E-state index contributed by atoms with van der Waals surface area (Å²) >= 11 is 0. The molecule has 114 valence electrons. The Bertz CT molecular complexity index is 547. The van der Waals surface area contributed by atoms with Gasteiger partial charge in [0, 0.05) is 25.5 Å². The van der Waals surface area contributed by atoms with E-state index in [0.29, 0.717) is 5.56 Å². The van der Waals surface area contributed by atoms with Gasteiger partial charge in [0.25, 0.3) is 0 Å². The fourth-order valence-electron chi connectivity index (χ4n) is 2.34. The van der Waals surface area contributed by atoms with Gasteiger partial charge in [-0.15, -0.1) is 0 Å². The molecule has 21 heavy (non-hydrogen) atoms. The maximum atomic E-state index is 13.0. The number of aromatic nitrogens is 1. The number of pyridine rings is 1. The van der Waals surface area contributed by atoms with Crippen molar-refractivity contribution in [3.05, 3.63) is 30.1 Å². The van der Waals surface area contributed by atoms with Crippen molar-refractivity contribution in [2.45, 2.75) is 19.0 Å². The smallest absolute Gasteiger partial charge is 0.406 e. The number of carbonyl (C=O) groups excluding carboxylic acids is 1. The first kappa shape index (κ1) is 15.3. The number of carboxylic acids is 1. The zero-order chi connectivity index (χ0) is 15.7. The number of amides is 1. The molecule has 0 aromatic carbocycles. The van der Waals surface area contributed by atoms with Gasteiger partial charge in [0.05, 0.1) is 6.42 Å². The minimum atomic E-state index is -4.89. The molecule has 1 saturated heterocycles. The summed E-state index contributed by atoms with van der Waals surface area (Å²) in [7, 11) is 0. The lowest BCUT2D eigenvalue weighted by molar-refractivity contribution is -0.227. The van der Waals surface area contributed by atoms with Crippen molar-refractivity contribution in [1.82, 2.24) is 9.88 Å². The van der Waals surface area contributed by atoms with Crippen LogP contribution in [0.15, 0.2) is 24.5 Å². The fraction of sp³-hybridized carbons (Fsp3) is 0.462. The van der Waals surface area contributed by atoms with Gasteiger partial charge in [-0.05, 0) is 18.1 Å². The highest BCUT2D eigenvalue weighted by atomic mass is 19.4. The summed E-state index contributed by atoms with van der Waals surface area (Å²) in [6.07, 6.45) is -2.64. The van der Waals surface area contributed by atoms with Crippen molar-refractivity contribution in [2.24, 2.45) is 5.41 Å². The maximum absolute atomic E-state index is 13.0. The van der Waals surface area contributed by atoms with E-state index in [-0.39, 0.29) is 13.0 Å². The predicted octanol–water partition coefficient (Wildman–Crippen LogP) is 1.49. The molecule has 0 saturated carbocycles. The highest BCUT2D eigenvalue weighted by molar-refractivity contribution is 5.82. The van der Waals surface area contributed by atoms with Crippen molar-refractivity contribution in [1.29, 1.82) is 0 Å². The first-order valence-corrected chi connectivity index (χ1v) is 6.23. The quantitative estimate of drug-likeness (QED) is 0.918. The third kappa shape index (κ3) is 2.84. The highest BCUT2D eigenvalue weighted by Crippen LogP contribution is 2.45. The number of alkyl halides is 3. The Hall–Kier alpha value is -2.12. The van der Waals surface area contributed by atoms with Crippen LogP contribution in [0.5, 0.6) is 0 Å². The van der Waals surface area contributed by atoms with Gasteiger partial charge in [0.2, 0.25) is 5.91 Å². The Morgan fingerprint density at radius 1 is 1.43 bits per heavy atom. The van der Waals surface area contributed by atoms with Gasteiger partial charge in [-0.3, -0.25) is 14.6 Å². The van der Waals surface area contributed by atoms with Crippen LogP contribution in [0.3, 0.4) is 0 Å². The number of rotatable bonds is 3. The Labute approximate surface area is 118 Å². The zero-order valence-corrected chi connectivity index (χ0v) is 10.9. The van der Waals surface area contributed by atoms with Crippen molar-refractivity contribution in [3.8, 4) is 0 Å². The summed E-state index contributed by atoms with van der Waals surface area (Å²) in [5, 5.41) is 8.92. The van der Waals surface area contributed by atoms with E-state index in [0.717, 1.165) is 4.90 Å². The standard InChI is InChI=1S/C13H13F3N2O3/c14-13(15,16)12(11(20)21)3-5-18(8-12)10(19)6-9-2-1-4-17-7-9/h1-2,4,7H,3,5-6,8H2,(H,20,21). The average molecular weight is 302 g/mol. The number of carbonyl (C=O) groups is 2. The Morgan fingerprint density at radius 2 is 2.14 bits per heavy atom. The number of carboxylic acid groups (broad SMARTS) is 1. The number of nitrogens with zero attached hydrogens (tertiary/aromatic N) is 2. The molecule has 1 atom stereocenters. The number of aliphatic carboxylic acids is 1.